The Morgan fingerprint density at radius 3 is 2.00 bits per heavy atom. The molecule has 1 fully saturated rings. The van der Waals surface area contributed by atoms with E-state index in [0.29, 0.717) is 17.6 Å². The van der Waals surface area contributed by atoms with Gasteiger partial charge in [0.15, 0.2) is 5.96 Å². The minimum atomic E-state index is -1.93. The van der Waals surface area contributed by atoms with Crippen molar-refractivity contribution in [2.75, 3.05) is 6.54 Å². The number of aromatic hydroxyl groups is 1. The number of phenolic OH excluding ortho intramolecular Hbond substituents is 1. The van der Waals surface area contributed by atoms with Crippen molar-refractivity contribution in [2.24, 2.45) is 28.3 Å². The minimum Gasteiger partial charge on any atom is -0.508 e. The van der Waals surface area contributed by atoms with E-state index >= 15 is 0 Å². The quantitative estimate of drug-likeness (QED) is 0.0274. The van der Waals surface area contributed by atoms with E-state index in [0.717, 1.165) is 5.56 Å². The zero-order valence-electron chi connectivity index (χ0n) is 44.0. The molecule has 0 bridgehead atoms. The lowest BCUT2D eigenvalue weighted by Crippen LogP contribution is -2.56. The Bertz CT molecular complexity index is 2550. The van der Waals surface area contributed by atoms with E-state index in [1.54, 1.807) is 25.1 Å². The zero-order chi connectivity index (χ0) is 57.4. The Morgan fingerprint density at radius 2 is 1.39 bits per heavy atom. The van der Waals surface area contributed by atoms with Crippen LogP contribution in [-0.4, -0.2) is 129 Å². The van der Waals surface area contributed by atoms with Gasteiger partial charge in [0.25, 0.3) is 5.91 Å². The Hall–Kier alpha value is -8.57. The number of guanidine groups is 1. The average molecular weight is 1070 g/mol. The van der Waals surface area contributed by atoms with Gasteiger partial charge < -0.3 is 68.7 Å². The molecule has 4 unspecified atom stereocenters. The normalized spacial score (nSPS) is 23.5. The molecule has 24 nitrogen and oxygen atoms in total. The van der Waals surface area contributed by atoms with Crippen LogP contribution in [0.1, 0.15) is 91.2 Å². The van der Waals surface area contributed by atoms with Gasteiger partial charge in [0.2, 0.25) is 35.4 Å². The minimum absolute atomic E-state index is 0.0110. The SMILES string of the molecule is C/C=C1\NC(=O)CCC(C(=O)O)NC(=O)[C@@H](C)C(/C=C/C(C)=C/[C@H](C)[C@H](Cc2ccccc2)OC(C)=O)NC(=O)C(CCCN=C(N)N)NC(=O)CC(C(=O)O)NC(=O)[C@H](CCc2ccc(O)cc2)NC(=O)[C@@H](C)NC1=O. The molecule has 14 N–H and O–H groups in total. The highest BCUT2D eigenvalue weighted by Crippen LogP contribution is 2.20. The van der Waals surface area contributed by atoms with E-state index in [2.05, 4.69) is 42.2 Å². The van der Waals surface area contributed by atoms with Gasteiger partial charge in [0.1, 0.15) is 47.8 Å². The molecule has 0 aromatic heterocycles. The van der Waals surface area contributed by atoms with Crippen molar-refractivity contribution in [2.45, 2.75) is 135 Å². The molecular weight excluding hydrogens is 1000 g/mol. The Morgan fingerprint density at radius 1 is 0.766 bits per heavy atom. The second kappa shape index (κ2) is 31.3. The van der Waals surface area contributed by atoms with E-state index in [4.69, 9.17) is 16.2 Å². The fourth-order valence-corrected chi connectivity index (χ4v) is 7.87. The molecular formula is C53H72N10O14. The fraction of sp³-hybridized carbons (Fsp3) is 0.453. The first-order valence-corrected chi connectivity index (χ1v) is 25.0. The van der Waals surface area contributed by atoms with Crippen LogP contribution in [0.5, 0.6) is 5.75 Å². The number of aliphatic carboxylic acids is 2. The second-order valence-electron chi connectivity index (χ2n) is 18.6. The number of hydrogen-bond donors (Lipinski definition) is 12. The lowest BCUT2D eigenvalue weighted by Gasteiger charge is -2.27. The molecule has 0 aliphatic carbocycles. The number of carbonyl (C=O) groups excluding carboxylic acids is 8. The smallest absolute Gasteiger partial charge is 0.326 e. The van der Waals surface area contributed by atoms with Crippen LogP contribution in [0.4, 0.5) is 0 Å². The number of hydrogen-bond acceptors (Lipinski definition) is 13. The van der Waals surface area contributed by atoms with Gasteiger partial charge in [-0.3, -0.25) is 43.3 Å². The molecule has 0 radical (unpaired) electrons. The van der Waals surface area contributed by atoms with Crippen LogP contribution in [0.2, 0.25) is 0 Å². The van der Waals surface area contributed by atoms with Crippen LogP contribution in [0.3, 0.4) is 0 Å². The Kier molecular flexibility index (Phi) is 25.5. The molecule has 1 aliphatic heterocycles. The number of rotatable bonds is 16. The molecule has 3 rings (SSSR count). The van der Waals surface area contributed by atoms with Crippen LogP contribution < -0.4 is 48.7 Å². The van der Waals surface area contributed by atoms with Gasteiger partial charge in [-0.05, 0) is 76.1 Å². The molecule has 1 aliphatic rings. The summed E-state index contributed by atoms with van der Waals surface area (Å²) in [5.41, 5.74) is 12.8. The topological polar surface area (TPSA) is 389 Å². The Labute approximate surface area is 446 Å². The highest BCUT2D eigenvalue weighted by Gasteiger charge is 2.34. The van der Waals surface area contributed by atoms with E-state index in [-0.39, 0.29) is 55.6 Å². The summed E-state index contributed by atoms with van der Waals surface area (Å²) in [6.45, 7) is 8.92. The standard InChI is InChI=1S/C53H72N10O14/c1-7-37-48(70)57-32(5)47(69)61-40(22-18-34-16-19-36(65)20-17-34)50(72)63-42(52(75)76)28-45(67)59-39(14-11-25-56-53(54)55)49(71)60-38(31(4)46(68)62-41(51(73)74)23-24-44(66)58-37)21-15-29(2)26-30(3)43(77-33(6)64)27-35-12-9-8-10-13-35/h7-10,12-13,15-17,19-21,26,30-32,38-43,65H,11,14,18,22-25,27-28H2,1-6H3,(H,57,70)(H,58,66)(H,59,67)(H,60,71)(H,61,69)(H,62,68)(H,63,72)(H,73,74)(H,75,76)(H4,54,55,56)/b21-15+,29-26+,37-7-/t30-,31-,32+,38?,39?,40-,41?,42?,43-/m0/s1. The maximum absolute atomic E-state index is 14.4. The lowest BCUT2D eigenvalue weighted by molar-refractivity contribution is -0.148. The molecule has 1 heterocycles. The average Bonchev–Trinajstić information content (AvgIpc) is 3.36. The number of esters is 1. The van der Waals surface area contributed by atoms with E-state index in [1.807, 2.05) is 43.3 Å². The van der Waals surface area contributed by atoms with Crippen molar-refractivity contribution in [1.29, 1.82) is 0 Å². The number of carbonyl (C=O) groups is 10. The van der Waals surface area contributed by atoms with Crippen molar-refractivity contribution in [3.05, 3.63) is 101 Å². The molecule has 2 aromatic rings. The number of aliphatic imine (C=N–C) groups is 1. The monoisotopic (exact) mass is 1070 g/mol. The number of amides is 7. The number of carboxylic acids is 2. The Balaban J connectivity index is 2.11. The largest absolute Gasteiger partial charge is 0.508 e. The second-order valence-corrected chi connectivity index (χ2v) is 18.6. The van der Waals surface area contributed by atoms with Crippen LogP contribution >= 0.6 is 0 Å². The van der Waals surface area contributed by atoms with Crippen molar-refractivity contribution < 1.29 is 68.0 Å². The molecule has 0 saturated carbocycles. The molecule has 7 amide bonds. The highest BCUT2D eigenvalue weighted by atomic mass is 16.5. The number of nitrogens with zero attached hydrogens (tertiary/aromatic N) is 1. The summed E-state index contributed by atoms with van der Waals surface area (Å²) in [6, 6.07) is 6.14. The van der Waals surface area contributed by atoms with Gasteiger partial charge in [-0.25, -0.2) is 9.59 Å². The third-order valence-corrected chi connectivity index (χ3v) is 12.3. The first-order chi connectivity index (χ1) is 36.4. The maximum Gasteiger partial charge on any atom is 0.326 e. The van der Waals surface area contributed by atoms with Crippen molar-refractivity contribution >= 4 is 65.2 Å². The van der Waals surface area contributed by atoms with Gasteiger partial charge in [-0.15, -0.1) is 0 Å². The highest BCUT2D eigenvalue weighted by molar-refractivity contribution is 6.00. The van der Waals surface area contributed by atoms with Gasteiger partial charge in [-0.2, -0.15) is 0 Å². The predicted molar refractivity (Wildman–Crippen MR) is 282 cm³/mol. The van der Waals surface area contributed by atoms with Crippen LogP contribution in [0.15, 0.2) is 95.2 Å². The summed E-state index contributed by atoms with van der Waals surface area (Å²) in [5.74, 6) is -12.1. The van der Waals surface area contributed by atoms with E-state index in [1.165, 1.54) is 52.0 Å². The number of aryl methyl sites for hydroxylation is 1. The summed E-state index contributed by atoms with van der Waals surface area (Å²) in [4.78, 5) is 137. The number of phenols is 1. The van der Waals surface area contributed by atoms with E-state index in [9.17, 15) is 63.3 Å². The first kappa shape index (κ1) is 62.7. The summed E-state index contributed by atoms with van der Waals surface area (Å²) >= 11 is 0. The lowest BCUT2D eigenvalue weighted by atomic mass is 9.94. The summed E-state index contributed by atoms with van der Waals surface area (Å²) in [6.07, 6.45) is 3.86. The molecule has 0 spiro atoms. The number of ether oxygens (including phenoxy) is 1. The third kappa shape index (κ3) is 22.4. The van der Waals surface area contributed by atoms with Crippen LogP contribution in [0, 0.1) is 11.8 Å². The fourth-order valence-electron chi connectivity index (χ4n) is 7.87. The number of benzene rings is 2. The predicted octanol–water partition coefficient (Wildman–Crippen LogP) is 0.629. The van der Waals surface area contributed by atoms with Gasteiger partial charge in [0.05, 0.1) is 18.4 Å². The molecule has 77 heavy (non-hydrogen) atoms. The number of nitrogens with one attached hydrogen (secondary N) is 7. The molecule has 9 atom stereocenters. The van der Waals surface area contributed by atoms with E-state index < -0.39 is 127 Å². The maximum atomic E-state index is 14.4. The summed E-state index contributed by atoms with van der Waals surface area (Å²) in [5, 5.41) is 47.4. The van der Waals surface area contributed by atoms with Gasteiger partial charge in [-0.1, -0.05) is 86.2 Å². The number of carboxylic acid groups (broad SMARTS) is 2. The van der Waals surface area contributed by atoms with Crippen molar-refractivity contribution in [3.63, 3.8) is 0 Å². The zero-order valence-corrected chi connectivity index (χ0v) is 44.0. The summed E-state index contributed by atoms with van der Waals surface area (Å²) in [7, 11) is 0. The molecule has 1 saturated heterocycles. The number of nitrogens with two attached hydrogens (primary N) is 2. The molecule has 2 aromatic carbocycles. The van der Waals surface area contributed by atoms with Crippen molar-refractivity contribution in [1.82, 2.24) is 37.2 Å². The first-order valence-electron chi connectivity index (χ1n) is 25.0. The van der Waals surface area contributed by atoms with Crippen molar-refractivity contribution in [3.8, 4) is 5.75 Å². The third-order valence-electron chi connectivity index (χ3n) is 12.3. The van der Waals surface area contributed by atoms with Crippen LogP contribution in [0.25, 0.3) is 0 Å². The summed E-state index contributed by atoms with van der Waals surface area (Å²) < 4.78 is 5.67. The molecule has 418 valence electrons. The van der Waals surface area contributed by atoms with Gasteiger partial charge >= 0.3 is 17.9 Å². The van der Waals surface area contributed by atoms with Crippen LogP contribution in [-0.2, 0) is 65.5 Å². The molecule has 24 heteroatoms. The van der Waals surface area contributed by atoms with Gasteiger partial charge in [0, 0.05) is 32.2 Å². The number of allylic oxidation sites excluding steroid dienone is 3.